The van der Waals surface area contributed by atoms with Crippen LogP contribution >= 0.6 is 0 Å². The number of methoxy groups -OCH3 is 1. The average molecular weight is 337 g/mol. The van der Waals surface area contributed by atoms with Crippen LogP contribution in [0, 0.1) is 5.92 Å². The first kappa shape index (κ1) is 16.3. The summed E-state index contributed by atoms with van der Waals surface area (Å²) < 4.78 is 65.4. The first-order valence-corrected chi connectivity index (χ1v) is 9.11. The van der Waals surface area contributed by atoms with Gasteiger partial charge in [-0.2, -0.15) is 12.7 Å². The molecular weight excluding hydrogens is 321 g/mol. The van der Waals surface area contributed by atoms with E-state index < -0.39 is 25.1 Å². The highest BCUT2D eigenvalue weighted by Crippen LogP contribution is 2.25. The molecule has 0 bridgehead atoms. The molecule has 1 heterocycles. The van der Waals surface area contributed by atoms with Crippen molar-refractivity contribution in [3.8, 4) is 0 Å². The second kappa shape index (κ2) is 5.99. The number of benzene rings is 1. The van der Waals surface area contributed by atoms with E-state index in [0.29, 0.717) is 26.1 Å². The zero-order valence-electron chi connectivity index (χ0n) is 11.4. The lowest BCUT2D eigenvalue weighted by Crippen LogP contribution is -2.29. The van der Waals surface area contributed by atoms with Gasteiger partial charge in [0.25, 0.3) is 0 Å². The molecule has 1 atom stereocenters. The van der Waals surface area contributed by atoms with Gasteiger partial charge in [-0.3, -0.25) is 0 Å². The summed E-state index contributed by atoms with van der Waals surface area (Å²) in [4.78, 5) is -0.604. The van der Waals surface area contributed by atoms with Gasteiger partial charge in [0.1, 0.15) is 0 Å². The summed E-state index contributed by atoms with van der Waals surface area (Å²) in [5.74, 6) is 0.148. The van der Waals surface area contributed by atoms with Crippen LogP contribution in [0.1, 0.15) is 6.42 Å². The Morgan fingerprint density at radius 1 is 1.19 bits per heavy atom. The molecule has 0 saturated carbocycles. The molecule has 1 aliphatic rings. The number of nitrogens with zero attached hydrogens (tertiary/aromatic N) is 1. The molecule has 1 unspecified atom stereocenters. The van der Waals surface area contributed by atoms with Gasteiger partial charge in [0.2, 0.25) is 10.0 Å². The third-order valence-electron chi connectivity index (χ3n) is 3.39. The van der Waals surface area contributed by atoms with E-state index in [2.05, 4.69) is 0 Å². The van der Waals surface area contributed by atoms with E-state index in [4.69, 9.17) is 4.74 Å². The number of hydrogen-bond donors (Lipinski definition) is 0. The quantitative estimate of drug-likeness (QED) is 0.749. The van der Waals surface area contributed by atoms with Crippen molar-refractivity contribution in [1.82, 2.24) is 4.31 Å². The minimum Gasteiger partial charge on any atom is -0.384 e. The molecule has 1 saturated heterocycles. The predicted octanol–water partition coefficient (Wildman–Crippen LogP) is 1.00. The molecule has 1 aromatic carbocycles. The summed E-state index contributed by atoms with van der Waals surface area (Å²) in [5, 5.41) is 0. The van der Waals surface area contributed by atoms with Gasteiger partial charge in [-0.05, 0) is 36.6 Å². The van der Waals surface area contributed by atoms with Crippen LogP contribution in [0.15, 0.2) is 34.1 Å². The minimum atomic E-state index is -4.83. The molecule has 0 N–H and O–H groups in total. The van der Waals surface area contributed by atoms with Crippen LogP contribution in [0.25, 0.3) is 0 Å². The topological polar surface area (TPSA) is 80.8 Å². The van der Waals surface area contributed by atoms with Gasteiger partial charge < -0.3 is 4.74 Å². The zero-order chi connectivity index (χ0) is 15.7. The van der Waals surface area contributed by atoms with Crippen LogP contribution in [0.5, 0.6) is 0 Å². The van der Waals surface area contributed by atoms with E-state index in [0.717, 1.165) is 24.3 Å². The van der Waals surface area contributed by atoms with E-state index in [1.807, 2.05) is 0 Å². The van der Waals surface area contributed by atoms with Crippen molar-refractivity contribution >= 4 is 20.2 Å². The zero-order valence-corrected chi connectivity index (χ0v) is 13.0. The van der Waals surface area contributed by atoms with E-state index in [1.54, 1.807) is 7.11 Å². The lowest BCUT2D eigenvalue weighted by Gasteiger charge is -2.16. The summed E-state index contributed by atoms with van der Waals surface area (Å²) in [5.41, 5.74) is 0. The van der Waals surface area contributed by atoms with Crippen molar-refractivity contribution in [2.24, 2.45) is 5.92 Å². The molecule has 0 aliphatic carbocycles. The van der Waals surface area contributed by atoms with Crippen molar-refractivity contribution < 1.29 is 25.5 Å². The van der Waals surface area contributed by atoms with Crippen molar-refractivity contribution in [2.75, 3.05) is 26.8 Å². The van der Waals surface area contributed by atoms with Crippen molar-refractivity contribution in [3.63, 3.8) is 0 Å². The lowest BCUT2D eigenvalue weighted by atomic mass is 10.1. The minimum absolute atomic E-state index is 0.0482. The largest absolute Gasteiger partial charge is 0.384 e. The molecule has 9 heteroatoms. The second-order valence-corrected chi connectivity index (χ2v) is 8.17. The maximum atomic E-state index is 12.8. The normalized spacial score (nSPS) is 20.8. The van der Waals surface area contributed by atoms with Crippen LogP contribution in [0.2, 0.25) is 0 Å². The van der Waals surface area contributed by atoms with Gasteiger partial charge in [-0.1, -0.05) is 0 Å². The molecular formula is C12H16FNO5S2. The maximum Gasteiger partial charge on any atom is 0.332 e. The Kier molecular flexibility index (Phi) is 4.66. The summed E-state index contributed by atoms with van der Waals surface area (Å²) >= 11 is 0. The van der Waals surface area contributed by atoms with Gasteiger partial charge >= 0.3 is 10.2 Å². The molecule has 0 radical (unpaired) electrons. The number of ether oxygens (including phenoxy) is 1. The third kappa shape index (κ3) is 3.60. The van der Waals surface area contributed by atoms with Gasteiger partial charge in [0, 0.05) is 20.2 Å². The van der Waals surface area contributed by atoms with Crippen LogP contribution < -0.4 is 0 Å². The fourth-order valence-electron chi connectivity index (χ4n) is 2.31. The summed E-state index contributed by atoms with van der Waals surface area (Å²) in [6, 6.07) is 4.10. The molecule has 0 amide bonds. The summed E-state index contributed by atoms with van der Waals surface area (Å²) in [6.07, 6.45) is 0.712. The SMILES string of the molecule is COCC1CCN(S(=O)(=O)c2ccc(S(=O)(=O)F)cc2)C1. The molecule has 21 heavy (non-hydrogen) atoms. The van der Waals surface area contributed by atoms with E-state index in [-0.39, 0.29) is 10.8 Å². The summed E-state index contributed by atoms with van der Waals surface area (Å²) in [6.45, 7) is 1.24. The highest BCUT2D eigenvalue weighted by Gasteiger charge is 2.32. The van der Waals surface area contributed by atoms with Gasteiger partial charge in [-0.25, -0.2) is 8.42 Å². The van der Waals surface area contributed by atoms with Crippen molar-refractivity contribution in [3.05, 3.63) is 24.3 Å². The van der Waals surface area contributed by atoms with Gasteiger partial charge in [-0.15, -0.1) is 3.89 Å². The number of hydrogen-bond acceptors (Lipinski definition) is 5. The highest BCUT2D eigenvalue weighted by molar-refractivity contribution is 7.89. The fraction of sp³-hybridized carbons (Fsp3) is 0.500. The first-order valence-electron chi connectivity index (χ1n) is 6.29. The lowest BCUT2D eigenvalue weighted by molar-refractivity contribution is 0.157. The molecule has 118 valence electrons. The Morgan fingerprint density at radius 2 is 1.76 bits per heavy atom. The Bertz CT molecular complexity index is 700. The van der Waals surface area contributed by atoms with E-state index >= 15 is 0 Å². The van der Waals surface area contributed by atoms with Gasteiger partial charge in [0.05, 0.1) is 16.4 Å². The number of sulfonamides is 1. The Labute approximate surface area is 123 Å². The maximum absolute atomic E-state index is 12.8. The highest BCUT2D eigenvalue weighted by atomic mass is 32.3. The fourth-order valence-corrected chi connectivity index (χ4v) is 4.30. The monoisotopic (exact) mass is 337 g/mol. The van der Waals surface area contributed by atoms with Crippen molar-refractivity contribution in [2.45, 2.75) is 16.2 Å². The molecule has 0 aromatic heterocycles. The molecule has 2 rings (SSSR count). The molecule has 1 aromatic rings. The Hall–Kier alpha value is -1.03. The molecule has 0 spiro atoms. The third-order valence-corrected chi connectivity index (χ3v) is 6.11. The second-order valence-electron chi connectivity index (χ2n) is 4.88. The Balaban J connectivity index is 2.21. The van der Waals surface area contributed by atoms with Crippen LogP contribution in [-0.2, 0) is 25.0 Å². The predicted molar refractivity (Wildman–Crippen MR) is 73.5 cm³/mol. The average Bonchev–Trinajstić information content (AvgIpc) is 2.88. The van der Waals surface area contributed by atoms with Crippen molar-refractivity contribution in [1.29, 1.82) is 0 Å². The first-order chi connectivity index (χ1) is 9.75. The molecule has 1 aliphatic heterocycles. The smallest absolute Gasteiger partial charge is 0.332 e. The number of halogens is 1. The number of rotatable bonds is 5. The van der Waals surface area contributed by atoms with Gasteiger partial charge in [0.15, 0.2) is 0 Å². The standard InChI is InChI=1S/C12H16FNO5S2/c1-19-9-10-6-7-14(8-10)21(17,18)12-4-2-11(3-5-12)20(13,15)16/h2-5,10H,6-9H2,1H3. The molecule has 6 nitrogen and oxygen atoms in total. The Morgan fingerprint density at radius 3 is 2.29 bits per heavy atom. The molecule has 1 fully saturated rings. The van der Waals surface area contributed by atoms with E-state index in [9.17, 15) is 20.7 Å². The summed E-state index contributed by atoms with van der Waals surface area (Å²) in [7, 11) is -6.95. The van der Waals surface area contributed by atoms with Crippen LogP contribution in [-0.4, -0.2) is 47.9 Å². The van der Waals surface area contributed by atoms with E-state index in [1.165, 1.54) is 4.31 Å². The van der Waals surface area contributed by atoms with Crippen LogP contribution in [0.4, 0.5) is 3.89 Å². The van der Waals surface area contributed by atoms with Crippen LogP contribution in [0.3, 0.4) is 0 Å².